The number of nitro groups is 1. The normalized spacial score (nSPS) is 12.2. The summed E-state index contributed by atoms with van der Waals surface area (Å²) in [5.74, 6) is -0.759. The van der Waals surface area contributed by atoms with E-state index in [1.165, 1.54) is 17.0 Å². The van der Waals surface area contributed by atoms with Gasteiger partial charge in [-0.1, -0.05) is 54.4 Å². The highest BCUT2D eigenvalue weighted by molar-refractivity contribution is 6.36. The number of nitrogens with one attached hydrogen (secondary N) is 1. The number of benzene rings is 2. The molecule has 1 N–H and O–H groups in total. The van der Waals surface area contributed by atoms with Gasteiger partial charge in [0.2, 0.25) is 11.8 Å². The Morgan fingerprint density at radius 2 is 1.69 bits per heavy atom. The van der Waals surface area contributed by atoms with E-state index in [1.807, 2.05) is 20.8 Å². The summed E-state index contributed by atoms with van der Waals surface area (Å²) in [5, 5.41) is 15.0. The molecule has 0 aliphatic carbocycles. The lowest BCUT2D eigenvalue weighted by Crippen LogP contribution is -2.53. The summed E-state index contributed by atoms with van der Waals surface area (Å²) in [6.45, 7) is 7.34. The predicted octanol–water partition coefficient (Wildman–Crippen LogP) is 5.17. The van der Waals surface area contributed by atoms with Gasteiger partial charge in [-0.25, -0.2) is 0 Å². The lowest BCUT2D eigenvalue weighted by Gasteiger charge is -2.33. The predicted molar refractivity (Wildman–Crippen MR) is 126 cm³/mol. The topological polar surface area (TPSA) is 92.6 Å². The van der Waals surface area contributed by atoms with Crippen molar-refractivity contribution in [3.8, 4) is 0 Å². The molecule has 0 aliphatic heterocycles. The molecule has 0 spiro atoms. The maximum atomic E-state index is 13.4. The number of halogens is 2. The smallest absolute Gasteiger partial charge is 0.273 e. The summed E-state index contributed by atoms with van der Waals surface area (Å²) >= 11 is 12.7. The molecule has 2 rings (SSSR count). The van der Waals surface area contributed by atoms with Crippen molar-refractivity contribution in [3.63, 3.8) is 0 Å². The minimum atomic E-state index is -0.808. The van der Waals surface area contributed by atoms with E-state index in [4.69, 9.17) is 23.2 Å². The van der Waals surface area contributed by atoms with Crippen molar-refractivity contribution in [2.45, 2.75) is 58.7 Å². The molecule has 9 heteroatoms. The van der Waals surface area contributed by atoms with Crippen LogP contribution in [0, 0.1) is 10.1 Å². The van der Waals surface area contributed by atoms with Gasteiger partial charge >= 0.3 is 0 Å². The first-order valence-electron chi connectivity index (χ1n) is 10.2. The molecule has 0 radical (unpaired) electrons. The molecule has 2 aromatic rings. The Kier molecular flexibility index (Phi) is 8.64. The third-order valence-corrected chi connectivity index (χ3v) is 5.51. The van der Waals surface area contributed by atoms with Crippen molar-refractivity contribution in [1.82, 2.24) is 10.2 Å². The van der Waals surface area contributed by atoms with Gasteiger partial charge in [0.1, 0.15) is 6.04 Å². The Morgan fingerprint density at radius 3 is 2.22 bits per heavy atom. The Bertz CT molecular complexity index is 985. The lowest BCUT2D eigenvalue weighted by atomic mass is 10.0. The van der Waals surface area contributed by atoms with Crippen LogP contribution < -0.4 is 5.32 Å². The molecular weight excluding hydrogens is 453 g/mol. The van der Waals surface area contributed by atoms with E-state index in [-0.39, 0.29) is 30.1 Å². The fraction of sp³-hybridized carbons (Fsp3) is 0.391. The monoisotopic (exact) mass is 479 g/mol. The van der Waals surface area contributed by atoms with Crippen LogP contribution in [0.3, 0.4) is 0 Å². The van der Waals surface area contributed by atoms with Crippen LogP contribution >= 0.6 is 23.2 Å². The summed E-state index contributed by atoms with van der Waals surface area (Å²) in [4.78, 5) is 38.7. The van der Waals surface area contributed by atoms with Crippen LogP contribution in [0.1, 0.15) is 45.2 Å². The largest absolute Gasteiger partial charge is 0.350 e. The molecule has 1 atom stereocenters. The van der Waals surface area contributed by atoms with Crippen LogP contribution in [0.4, 0.5) is 5.69 Å². The van der Waals surface area contributed by atoms with Gasteiger partial charge in [0.25, 0.3) is 5.69 Å². The molecule has 0 aromatic heterocycles. The number of nitrogens with zero attached hydrogens (tertiary/aromatic N) is 2. The number of amides is 2. The number of hydrogen-bond donors (Lipinski definition) is 1. The number of carbonyl (C=O) groups excluding carboxylic acids is 2. The second kappa shape index (κ2) is 10.8. The van der Waals surface area contributed by atoms with Crippen molar-refractivity contribution < 1.29 is 14.5 Å². The van der Waals surface area contributed by atoms with Crippen LogP contribution in [0.2, 0.25) is 10.0 Å². The molecule has 0 fully saturated rings. The summed E-state index contributed by atoms with van der Waals surface area (Å²) in [6.07, 6.45) is 0.102. The second-order valence-electron chi connectivity index (χ2n) is 8.45. The Labute approximate surface area is 197 Å². The highest BCUT2D eigenvalue weighted by Gasteiger charge is 2.32. The van der Waals surface area contributed by atoms with Gasteiger partial charge in [-0.2, -0.15) is 0 Å². The Hall–Kier alpha value is -2.64. The zero-order chi connectivity index (χ0) is 24.1. The van der Waals surface area contributed by atoms with Crippen molar-refractivity contribution in [2.24, 2.45) is 0 Å². The maximum absolute atomic E-state index is 13.4. The van der Waals surface area contributed by atoms with Gasteiger partial charge in [0.05, 0.1) is 11.3 Å². The third-order valence-electron chi connectivity index (χ3n) is 4.80. The highest BCUT2D eigenvalue weighted by Crippen LogP contribution is 2.28. The molecular formula is C23H27Cl2N3O4. The van der Waals surface area contributed by atoms with Crippen molar-refractivity contribution in [3.05, 3.63) is 73.8 Å². The molecule has 2 amide bonds. The molecule has 7 nitrogen and oxygen atoms in total. The van der Waals surface area contributed by atoms with Crippen LogP contribution in [-0.4, -0.2) is 33.2 Å². The van der Waals surface area contributed by atoms with E-state index in [9.17, 15) is 19.7 Å². The zero-order valence-corrected chi connectivity index (χ0v) is 20.0. The highest BCUT2D eigenvalue weighted by atomic mass is 35.5. The summed E-state index contributed by atoms with van der Waals surface area (Å²) < 4.78 is 0. The number of hydrogen-bond acceptors (Lipinski definition) is 4. The van der Waals surface area contributed by atoms with Gasteiger partial charge in [-0.05, 0) is 39.3 Å². The Balaban J connectivity index is 2.46. The number of para-hydroxylation sites is 1. The van der Waals surface area contributed by atoms with Crippen LogP contribution in [0.25, 0.3) is 0 Å². The summed E-state index contributed by atoms with van der Waals surface area (Å²) in [7, 11) is 0. The standard InChI is InChI=1S/C23H27Cl2N3O4/c1-5-19(22(30)26-23(2,3)4)27(14-16-17(24)10-8-11-18(16)25)21(29)13-15-9-6-7-12-20(15)28(31)32/h6-12,19H,5,13-14H2,1-4H3,(H,26,30)/t19-/m0/s1. The van der Waals surface area contributed by atoms with E-state index in [1.54, 1.807) is 37.3 Å². The van der Waals surface area contributed by atoms with Gasteiger partial charge in [0, 0.05) is 39.3 Å². The van der Waals surface area contributed by atoms with E-state index in [2.05, 4.69) is 5.32 Å². The van der Waals surface area contributed by atoms with Crippen LogP contribution in [0.5, 0.6) is 0 Å². The molecule has 32 heavy (non-hydrogen) atoms. The first kappa shape index (κ1) is 25.6. The van der Waals surface area contributed by atoms with Crippen LogP contribution in [-0.2, 0) is 22.6 Å². The molecule has 2 aromatic carbocycles. The SMILES string of the molecule is CC[C@@H](C(=O)NC(C)(C)C)N(Cc1c(Cl)cccc1Cl)C(=O)Cc1ccccc1[N+](=O)[O-]. The fourth-order valence-corrected chi connectivity index (χ4v) is 3.85. The quantitative estimate of drug-likeness (QED) is 0.417. The lowest BCUT2D eigenvalue weighted by molar-refractivity contribution is -0.385. The van der Waals surface area contributed by atoms with E-state index in [0.29, 0.717) is 22.0 Å². The minimum Gasteiger partial charge on any atom is -0.350 e. The van der Waals surface area contributed by atoms with Crippen LogP contribution in [0.15, 0.2) is 42.5 Å². The maximum Gasteiger partial charge on any atom is 0.273 e. The molecule has 0 unspecified atom stereocenters. The van der Waals surface area contributed by atoms with E-state index < -0.39 is 22.4 Å². The van der Waals surface area contributed by atoms with E-state index >= 15 is 0 Å². The summed E-state index contributed by atoms with van der Waals surface area (Å²) in [6, 6.07) is 10.3. The first-order valence-corrected chi connectivity index (χ1v) is 11.0. The number of nitro benzene ring substituents is 1. The molecule has 0 bridgehead atoms. The molecule has 0 saturated heterocycles. The summed E-state index contributed by atoms with van der Waals surface area (Å²) in [5.41, 5.74) is 0.126. The zero-order valence-electron chi connectivity index (χ0n) is 18.5. The molecule has 0 heterocycles. The average molecular weight is 480 g/mol. The van der Waals surface area contributed by atoms with Gasteiger partial charge in [-0.3, -0.25) is 19.7 Å². The average Bonchev–Trinajstić information content (AvgIpc) is 2.68. The van der Waals surface area contributed by atoms with Gasteiger partial charge in [0.15, 0.2) is 0 Å². The number of rotatable bonds is 8. The minimum absolute atomic E-state index is 0.00591. The fourth-order valence-electron chi connectivity index (χ4n) is 3.33. The third kappa shape index (κ3) is 6.68. The molecule has 0 aliphatic rings. The second-order valence-corrected chi connectivity index (χ2v) is 9.26. The Morgan fingerprint density at radius 1 is 1.09 bits per heavy atom. The van der Waals surface area contributed by atoms with E-state index in [0.717, 1.165) is 0 Å². The van der Waals surface area contributed by atoms with Gasteiger partial charge in [-0.15, -0.1) is 0 Å². The van der Waals surface area contributed by atoms with Crippen molar-refractivity contribution in [1.29, 1.82) is 0 Å². The van der Waals surface area contributed by atoms with Crippen molar-refractivity contribution >= 4 is 40.7 Å². The van der Waals surface area contributed by atoms with Crippen molar-refractivity contribution in [2.75, 3.05) is 0 Å². The first-order chi connectivity index (χ1) is 14.9. The number of carbonyl (C=O) groups is 2. The molecule has 172 valence electrons. The van der Waals surface area contributed by atoms with Gasteiger partial charge < -0.3 is 10.2 Å². The molecule has 0 saturated carbocycles.